The van der Waals surface area contributed by atoms with Crippen molar-refractivity contribution in [3.05, 3.63) is 29.8 Å². The summed E-state index contributed by atoms with van der Waals surface area (Å²) in [6, 6.07) is 3.18. The molecule has 0 aliphatic rings. The Balaban J connectivity index is 3.09. The Hall–Kier alpha value is -1.61. The van der Waals surface area contributed by atoms with Crippen LogP contribution in [0.2, 0.25) is 0 Å². The average Bonchev–Trinajstić information content (AvgIpc) is 2.28. The van der Waals surface area contributed by atoms with Gasteiger partial charge in [-0.1, -0.05) is 0 Å². The standard InChI is InChI=1S/C9H8F3NO4S/c1-17-8(14)13(18(15)16)7-4-2-6(3-5-7)9(10,11)12/h2-5H,1H3,(H,15,16). The maximum absolute atomic E-state index is 12.3. The summed E-state index contributed by atoms with van der Waals surface area (Å²) in [4.78, 5) is 11.2. The van der Waals surface area contributed by atoms with Crippen molar-refractivity contribution in [1.82, 2.24) is 0 Å². The van der Waals surface area contributed by atoms with E-state index in [0.29, 0.717) is 16.4 Å². The highest BCUT2D eigenvalue weighted by Gasteiger charge is 2.31. The molecule has 0 heterocycles. The van der Waals surface area contributed by atoms with Gasteiger partial charge in [-0.3, -0.25) is 4.55 Å². The van der Waals surface area contributed by atoms with Crippen LogP contribution in [0.3, 0.4) is 0 Å². The summed E-state index contributed by atoms with van der Waals surface area (Å²) >= 11 is -2.73. The van der Waals surface area contributed by atoms with Gasteiger partial charge in [0.15, 0.2) is 0 Å². The Morgan fingerprint density at radius 1 is 1.33 bits per heavy atom. The van der Waals surface area contributed by atoms with Crippen LogP contribution in [-0.2, 0) is 22.2 Å². The largest absolute Gasteiger partial charge is 0.452 e. The van der Waals surface area contributed by atoms with E-state index in [1.807, 2.05) is 0 Å². The van der Waals surface area contributed by atoms with Gasteiger partial charge >= 0.3 is 12.3 Å². The normalized spacial score (nSPS) is 12.9. The fraction of sp³-hybridized carbons (Fsp3) is 0.222. The van der Waals surface area contributed by atoms with E-state index in [1.54, 1.807) is 0 Å². The Morgan fingerprint density at radius 3 is 2.17 bits per heavy atom. The molecule has 1 aromatic carbocycles. The number of carbonyl (C=O) groups is 1. The third-order valence-electron chi connectivity index (χ3n) is 1.93. The SMILES string of the molecule is COC(=O)N(c1ccc(C(F)(F)F)cc1)S(=O)O. The van der Waals surface area contributed by atoms with E-state index in [1.165, 1.54) is 0 Å². The smallest absolute Gasteiger partial charge is 0.428 e. The molecule has 1 rings (SSSR count). The van der Waals surface area contributed by atoms with Gasteiger partial charge in [0, 0.05) is 0 Å². The molecule has 100 valence electrons. The lowest BCUT2D eigenvalue weighted by Gasteiger charge is -2.16. The molecule has 0 saturated carbocycles. The number of rotatable bonds is 2. The Bertz CT molecular complexity index is 460. The van der Waals surface area contributed by atoms with Crippen molar-refractivity contribution in [2.45, 2.75) is 6.18 Å². The molecule has 1 unspecified atom stereocenters. The number of carbonyl (C=O) groups excluding carboxylic acids is 1. The first-order chi connectivity index (χ1) is 8.27. The van der Waals surface area contributed by atoms with Gasteiger partial charge in [-0.05, 0) is 24.3 Å². The van der Waals surface area contributed by atoms with Gasteiger partial charge in [0.1, 0.15) is 0 Å². The number of halogens is 3. The molecule has 18 heavy (non-hydrogen) atoms. The molecule has 0 aliphatic heterocycles. The second-order valence-corrected chi connectivity index (χ2v) is 3.87. The Labute approximate surface area is 103 Å². The molecule has 1 aromatic rings. The summed E-state index contributed by atoms with van der Waals surface area (Å²) in [6.07, 6.45) is -5.68. The molecule has 1 amide bonds. The number of ether oxygens (including phenoxy) is 1. The Kier molecular flexibility index (Phi) is 4.30. The Morgan fingerprint density at radius 2 is 1.83 bits per heavy atom. The van der Waals surface area contributed by atoms with Gasteiger partial charge in [-0.25, -0.2) is 9.00 Å². The summed E-state index contributed by atoms with van der Waals surface area (Å²) in [5, 5.41) is 0. The highest BCUT2D eigenvalue weighted by Crippen LogP contribution is 2.30. The van der Waals surface area contributed by atoms with Crippen LogP contribution in [0, 0.1) is 0 Å². The predicted octanol–water partition coefficient (Wildman–Crippen LogP) is 2.41. The molecule has 0 saturated heterocycles. The van der Waals surface area contributed by atoms with Crippen molar-refractivity contribution in [1.29, 1.82) is 0 Å². The molecule has 9 heteroatoms. The topological polar surface area (TPSA) is 66.8 Å². The van der Waals surface area contributed by atoms with E-state index in [9.17, 15) is 22.2 Å². The molecule has 1 atom stereocenters. The van der Waals surface area contributed by atoms with Gasteiger partial charge < -0.3 is 4.74 Å². The van der Waals surface area contributed by atoms with Crippen molar-refractivity contribution in [2.75, 3.05) is 11.4 Å². The zero-order valence-corrected chi connectivity index (χ0v) is 9.79. The monoisotopic (exact) mass is 283 g/mol. The summed E-state index contributed by atoms with van der Waals surface area (Å²) in [5.74, 6) is 0. The van der Waals surface area contributed by atoms with Crippen molar-refractivity contribution >= 4 is 23.0 Å². The van der Waals surface area contributed by atoms with E-state index in [0.717, 1.165) is 19.2 Å². The number of amides is 1. The molecule has 0 radical (unpaired) electrons. The highest BCUT2D eigenvalue weighted by atomic mass is 32.2. The fourth-order valence-corrected chi connectivity index (χ4v) is 1.63. The lowest BCUT2D eigenvalue weighted by atomic mass is 10.2. The van der Waals surface area contributed by atoms with Crippen LogP contribution in [-0.4, -0.2) is 22.0 Å². The number of nitrogens with zero attached hydrogens (tertiary/aromatic N) is 1. The summed E-state index contributed by atoms with van der Waals surface area (Å²) in [5.41, 5.74) is -1.12. The number of anilines is 1. The minimum Gasteiger partial charge on any atom is -0.452 e. The first-order valence-electron chi connectivity index (χ1n) is 4.43. The molecule has 0 spiro atoms. The van der Waals surface area contributed by atoms with E-state index in [2.05, 4.69) is 4.74 Å². The molecule has 0 aliphatic carbocycles. The van der Waals surface area contributed by atoms with Crippen molar-refractivity contribution in [3.8, 4) is 0 Å². The highest BCUT2D eigenvalue weighted by molar-refractivity contribution is 7.81. The van der Waals surface area contributed by atoms with E-state index < -0.39 is 29.1 Å². The summed E-state index contributed by atoms with van der Waals surface area (Å²) in [7, 11) is 0.978. The first-order valence-corrected chi connectivity index (χ1v) is 5.50. The predicted molar refractivity (Wildman–Crippen MR) is 57.1 cm³/mol. The molecule has 5 nitrogen and oxygen atoms in total. The molecule has 0 fully saturated rings. The van der Waals surface area contributed by atoms with Gasteiger partial charge in [0.2, 0.25) is 0 Å². The van der Waals surface area contributed by atoms with Gasteiger partial charge in [0.05, 0.1) is 18.4 Å². The van der Waals surface area contributed by atoms with Gasteiger partial charge in [-0.15, -0.1) is 0 Å². The van der Waals surface area contributed by atoms with Crippen molar-refractivity contribution in [3.63, 3.8) is 0 Å². The minimum atomic E-state index is -4.52. The quantitative estimate of drug-likeness (QED) is 0.846. The number of hydrogen-bond acceptors (Lipinski definition) is 3. The maximum Gasteiger partial charge on any atom is 0.428 e. The fourth-order valence-electron chi connectivity index (χ4n) is 1.13. The molecular formula is C9H8F3NO4S. The number of hydrogen-bond donors (Lipinski definition) is 1. The third kappa shape index (κ3) is 3.20. The molecule has 0 aromatic heterocycles. The minimum absolute atomic E-state index is 0.185. The van der Waals surface area contributed by atoms with Gasteiger partial charge in [-0.2, -0.15) is 17.5 Å². The second-order valence-electron chi connectivity index (χ2n) is 3.04. The van der Waals surface area contributed by atoms with Crippen LogP contribution in [0.1, 0.15) is 5.56 Å². The van der Waals surface area contributed by atoms with Gasteiger partial charge in [0.25, 0.3) is 11.3 Å². The molecule has 1 N–H and O–H groups in total. The number of alkyl halides is 3. The zero-order chi connectivity index (χ0) is 13.9. The summed E-state index contributed by atoms with van der Waals surface area (Å²) in [6.45, 7) is 0. The zero-order valence-electron chi connectivity index (χ0n) is 8.97. The van der Waals surface area contributed by atoms with Crippen LogP contribution in [0.4, 0.5) is 23.7 Å². The van der Waals surface area contributed by atoms with Crippen LogP contribution >= 0.6 is 0 Å². The van der Waals surface area contributed by atoms with E-state index in [4.69, 9.17) is 4.55 Å². The van der Waals surface area contributed by atoms with Crippen molar-refractivity contribution < 1.29 is 31.5 Å². The van der Waals surface area contributed by atoms with Crippen molar-refractivity contribution in [2.24, 2.45) is 0 Å². The second kappa shape index (κ2) is 5.36. The molecule has 0 bridgehead atoms. The summed E-state index contributed by atoms with van der Waals surface area (Å²) < 4.78 is 61.2. The van der Waals surface area contributed by atoms with Crippen LogP contribution in [0.25, 0.3) is 0 Å². The van der Waals surface area contributed by atoms with Crippen LogP contribution in [0.15, 0.2) is 24.3 Å². The van der Waals surface area contributed by atoms with Crippen LogP contribution in [0.5, 0.6) is 0 Å². The lowest BCUT2D eigenvalue weighted by Crippen LogP contribution is -2.32. The van der Waals surface area contributed by atoms with E-state index in [-0.39, 0.29) is 5.69 Å². The maximum atomic E-state index is 12.3. The number of methoxy groups -OCH3 is 1. The van der Waals surface area contributed by atoms with E-state index >= 15 is 0 Å². The first kappa shape index (κ1) is 14.5. The average molecular weight is 283 g/mol. The van der Waals surface area contributed by atoms with Crippen LogP contribution < -0.4 is 4.31 Å². The number of benzene rings is 1. The lowest BCUT2D eigenvalue weighted by molar-refractivity contribution is -0.137. The third-order valence-corrected chi connectivity index (χ3v) is 2.60. The molecular weight excluding hydrogens is 275 g/mol.